The van der Waals surface area contributed by atoms with E-state index in [4.69, 9.17) is 10.8 Å². The van der Waals surface area contributed by atoms with Crippen LogP contribution in [0.15, 0.2) is 0 Å². The number of nitrogens with two attached hydrogens (primary N) is 1. The molecule has 0 aromatic heterocycles. The van der Waals surface area contributed by atoms with Crippen LogP contribution in [0.3, 0.4) is 0 Å². The normalized spacial score (nSPS) is 14.9. The first-order chi connectivity index (χ1) is 4.39. The standard InChI is InChI=1S/C6H15N2O2/c1-8(2,3)6(10)5(7)4-9/h5,9H,4,7H2,1-3H3/q+1/t5-/m0/s1. The highest BCUT2D eigenvalue weighted by Crippen LogP contribution is 1.94. The molecule has 0 aliphatic carbocycles. The van der Waals surface area contributed by atoms with Gasteiger partial charge in [-0.1, -0.05) is 0 Å². The fraction of sp³-hybridized carbons (Fsp3) is 0.833. The fourth-order valence-electron chi connectivity index (χ4n) is 0.576. The van der Waals surface area contributed by atoms with Gasteiger partial charge in [0.1, 0.15) is 6.04 Å². The van der Waals surface area contributed by atoms with Gasteiger partial charge in [-0.25, -0.2) is 4.79 Å². The van der Waals surface area contributed by atoms with Gasteiger partial charge in [0.15, 0.2) is 0 Å². The van der Waals surface area contributed by atoms with Crippen molar-refractivity contribution in [2.75, 3.05) is 27.7 Å². The first kappa shape index (κ1) is 9.55. The lowest BCUT2D eigenvalue weighted by Gasteiger charge is -2.22. The smallest absolute Gasteiger partial charge is 0.332 e. The molecular formula is C6H15N2O2+. The van der Waals surface area contributed by atoms with Gasteiger partial charge >= 0.3 is 5.91 Å². The maximum absolute atomic E-state index is 11.1. The SMILES string of the molecule is C[N+](C)(C)C(=O)[C@@H](N)CO. The number of carbonyl (C=O) groups is 1. The Morgan fingerprint density at radius 2 is 2.00 bits per heavy atom. The van der Waals surface area contributed by atoms with Crippen molar-refractivity contribution < 1.29 is 14.4 Å². The van der Waals surface area contributed by atoms with Gasteiger partial charge in [-0.15, -0.1) is 0 Å². The maximum Gasteiger partial charge on any atom is 0.332 e. The van der Waals surface area contributed by atoms with E-state index < -0.39 is 6.04 Å². The largest absolute Gasteiger partial charge is 0.394 e. The van der Waals surface area contributed by atoms with Crippen molar-refractivity contribution in [3.63, 3.8) is 0 Å². The molecule has 0 unspecified atom stereocenters. The molecule has 0 spiro atoms. The molecule has 0 rings (SSSR count). The molecule has 4 nitrogen and oxygen atoms in total. The van der Waals surface area contributed by atoms with Crippen LogP contribution < -0.4 is 5.73 Å². The highest BCUT2D eigenvalue weighted by molar-refractivity contribution is 5.74. The third kappa shape index (κ3) is 2.43. The van der Waals surface area contributed by atoms with Crippen LogP contribution in [0.25, 0.3) is 0 Å². The second-order valence-electron chi connectivity index (χ2n) is 3.14. The number of hydrogen-bond donors (Lipinski definition) is 2. The third-order valence-electron chi connectivity index (χ3n) is 1.18. The van der Waals surface area contributed by atoms with Crippen LogP contribution in [0.2, 0.25) is 0 Å². The van der Waals surface area contributed by atoms with E-state index in [-0.39, 0.29) is 17.0 Å². The fourth-order valence-corrected chi connectivity index (χ4v) is 0.576. The minimum atomic E-state index is -0.750. The van der Waals surface area contributed by atoms with Gasteiger partial charge in [-0.05, 0) is 0 Å². The highest BCUT2D eigenvalue weighted by atomic mass is 16.3. The summed E-state index contributed by atoms with van der Waals surface area (Å²) >= 11 is 0. The molecule has 3 N–H and O–H groups in total. The monoisotopic (exact) mass is 147 g/mol. The van der Waals surface area contributed by atoms with Crippen LogP contribution in [0.4, 0.5) is 0 Å². The summed E-state index contributed by atoms with van der Waals surface area (Å²) in [7, 11) is 5.16. The zero-order chi connectivity index (χ0) is 8.36. The summed E-state index contributed by atoms with van der Waals surface area (Å²) in [6.07, 6.45) is 0. The van der Waals surface area contributed by atoms with E-state index in [0.29, 0.717) is 0 Å². The van der Waals surface area contributed by atoms with E-state index >= 15 is 0 Å². The van der Waals surface area contributed by atoms with Crippen molar-refractivity contribution in [2.45, 2.75) is 6.04 Å². The Morgan fingerprint density at radius 1 is 1.60 bits per heavy atom. The number of carbonyl (C=O) groups excluding carboxylic acids is 1. The third-order valence-corrected chi connectivity index (χ3v) is 1.18. The predicted molar refractivity (Wildman–Crippen MR) is 38.1 cm³/mol. The Balaban J connectivity index is 4.09. The van der Waals surface area contributed by atoms with Crippen LogP contribution in [0, 0.1) is 0 Å². The second kappa shape index (κ2) is 3.09. The van der Waals surface area contributed by atoms with Crippen LogP contribution in [-0.4, -0.2) is 49.3 Å². The van der Waals surface area contributed by atoms with E-state index in [1.807, 2.05) is 0 Å². The van der Waals surface area contributed by atoms with Crippen molar-refractivity contribution in [2.24, 2.45) is 5.73 Å². The first-order valence-electron chi connectivity index (χ1n) is 3.12. The van der Waals surface area contributed by atoms with Gasteiger partial charge in [0, 0.05) is 0 Å². The average molecular weight is 147 g/mol. The molecular weight excluding hydrogens is 132 g/mol. The Kier molecular flexibility index (Phi) is 2.96. The van der Waals surface area contributed by atoms with Gasteiger partial charge in [0.2, 0.25) is 0 Å². The molecule has 0 heterocycles. The molecule has 0 aliphatic heterocycles. The van der Waals surface area contributed by atoms with Gasteiger partial charge in [-0.3, -0.25) is 4.48 Å². The van der Waals surface area contributed by atoms with Crippen molar-refractivity contribution in [3.05, 3.63) is 0 Å². The van der Waals surface area contributed by atoms with Crippen LogP contribution in [0.5, 0.6) is 0 Å². The summed E-state index contributed by atoms with van der Waals surface area (Å²) in [6, 6.07) is -0.750. The lowest BCUT2D eigenvalue weighted by atomic mass is 10.3. The molecule has 0 aromatic carbocycles. The Bertz CT molecular complexity index is 128. The average Bonchev–Trinajstić information content (AvgIpc) is 1.83. The molecule has 0 aromatic rings. The molecule has 0 radical (unpaired) electrons. The summed E-state index contributed by atoms with van der Waals surface area (Å²) in [4.78, 5) is 11.1. The van der Waals surface area contributed by atoms with Gasteiger partial charge in [0.05, 0.1) is 27.7 Å². The summed E-state index contributed by atoms with van der Waals surface area (Å²) in [5.74, 6) is -0.164. The molecule has 10 heavy (non-hydrogen) atoms. The lowest BCUT2D eigenvalue weighted by molar-refractivity contribution is -0.792. The van der Waals surface area contributed by atoms with Crippen LogP contribution in [-0.2, 0) is 4.79 Å². The Morgan fingerprint density at radius 3 is 2.10 bits per heavy atom. The molecule has 0 saturated carbocycles. The summed E-state index contributed by atoms with van der Waals surface area (Å²) in [5.41, 5.74) is 5.29. The van der Waals surface area contributed by atoms with Crippen molar-refractivity contribution in [1.29, 1.82) is 0 Å². The topological polar surface area (TPSA) is 63.3 Å². The summed E-state index contributed by atoms with van der Waals surface area (Å²) in [6.45, 7) is -0.283. The Labute approximate surface area is 60.8 Å². The molecule has 0 fully saturated rings. The molecule has 0 aliphatic rings. The van der Waals surface area contributed by atoms with E-state index in [1.54, 1.807) is 21.1 Å². The zero-order valence-corrected chi connectivity index (χ0v) is 6.66. The lowest BCUT2D eigenvalue weighted by Crippen LogP contribution is -2.52. The molecule has 60 valence electrons. The van der Waals surface area contributed by atoms with E-state index in [0.717, 1.165) is 0 Å². The maximum atomic E-state index is 11.1. The van der Waals surface area contributed by atoms with Crippen molar-refractivity contribution in [3.8, 4) is 0 Å². The number of aliphatic hydroxyl groups is 1. The quantitative estimate of drug-likeness (QED) is 0.469. The number of amides is 1. The number of rotatable bonds is 2. The summed E-state index contributed by atoms with van der Waals surface area (Å²) in [5, 5.41) is 8.51. The number of hydrogen-bond acceptors (Lipinski definition) is 3. The first-order valence-corrected chi connectivity index (χ1v) is 3.12. The van der Waals surface area contributed by atoms with Crippen LogP contribution in [0.1, 0.15) is 0 Å². The zero-order valence-electron chi connectivity index (χ0n) is 6.66. The van der Waals surface area contributed by atoms with Crippen molar-refractivity contribution >= 4 is 5.91 Å². The molecule has 4 heteroatoms. The number of aliphatic hydroxyl groups excluding tert-OH is 1. The number of quaternary nitrogens is 1. The van der Waals surface area contributed by atoms with E-state index in [1.165, 1.54) is 0 Å². The minimum Gasteiger partial charge on any atom is -0.394 e. The Hall–Kier alpha value is -0.450. The predicted octanol–water partition coefficient (Wildman–Crippen LogP) is -1.46. The highest BCUT2D eigenvalue weighted by Gasteiger charge is 2.26. The second-order valence-corrected chi connectivity index (χ2v) is 3.14. The molecule has 0 bridgehead atoms. The summed E-state index contributed by atoms with van der Waals surface area (Å²) < 4.78 is 0.154. The van der Waals surface area contributed by atoms with Gasteiger partial charge in [0.25, 0.3) is 0 Å². The van der Waals surface area contributed by atoms with Crippen molar-refractivity contribution in [1.82, 2.24) is 0 Å². The molecule has 0 saturated heterocycles. The molecule has 1 amide bonds. The number of likely N-dealkylation sites (N-methyl/N-ethyl adjacent to an activating group) is 1. The van der Waals surface area contributed by atoms with E-state index in [2.05, 4.69) is 0 Å². The molecule has 1 atom stereocenters. The van der Waals surface area contributed by atoms with E-state index in [9.17, 15) is 4.79 Å². The minimum absolute atomic E-state index is 0.154. The van der Waals surface area contributed by atoms with Gasteiger partial charge < -0.3 is 10.8 Å². The van der Waals surface area contributed by atoms with Crippen LogP contribution >= 0.6 is 0 Å². The number of nitrogens with zero attached hydrogens (tertiary/aromatic N) is 1. The van der Waals surface area contributed by atoms with Gasteiger partial charge in [-0.2, -0.15) is 0 Å².